The SMILES string of the molecule is O=C(c1cc(Br)no1)N1CCC2CCNCC21. The average Bonchev–Trinajstić information content (AvgIpc) is 2.94. The summed E-state index contributed by atoms with van der Waals surface area (Å²) >= 11 is 3.19. The maximum absolute atomic E-state index is 12.3. The van der Waals surface area contributed by atoms with Crippen LogP contribution in [0.2, 0.25) is 0 Å². The van der Waals surface area contributed by atoms with E-state index in [1.807, 2.05) is 4.90 Å². The second-order valence-electron chi connectivity index (χ2n) is 4.62. The van der Waals surface area contributed by atoms with Crippen LogP contribution in [0.1, 0.15) is 23.4 Å². The molecule has 1 aromatic rings. The second-order valence-corrected chi connectivity index (χ2v) is 5.43. The van der Waals surface area contributed by atoms with Gasteiger partial charge in [0.25, 0.3) is 5.91 Å². The molecule has 6 heteroatoms. The molecule has 2 fully saturated rings. The molecular weight excluding hydrogens is 286 g/mol. The number of rotatable bonds is 1. The lowest BCUT2D eigenvalue weighted by Gasteiger charge is -2.31. The predicted molar refractivity (Wildman–Crippen MR) is 64.6 cm³/mol. The van der Waals surface area contributed by atoms with Crippen molar-refractivity contribution in [2.24, 2.45) is 5.92 Å². The minimum Gasteiger partial charge on any atom is -0.350 e. The molecule has 0 aromatic carbocycles. The van der Waals surface area contributed by atoms with Gasteiger partial charge in [0.15, 0.2) is 0 Å². The highest BCUT2D eigenvalue weighted by Crippen LogP contribution is 2.30. The van der Waals surface area contributed by atoms with Crippen molar-refractivity contribution in [3.05, 3.63) is 16.4 Å². The van der Waals surface area contributed by atoms with Gasteiger partial charge in [-0.2, -0.15) is 0 Å². The number of fused-ring (bicyclic) bond motifs is 1. The number of halogens is 1. The summed E-state index contributed by atoms with van der Waals surface area (Å²) in [5, 5.41) is 7.04. The molecule has 1 aromatic heterocycles. The minimum absolute atomic E-state index is 0.0422. The van der Waals surface area contributed by atoms with Crippen molar-refractivity contribution in [1.29, 1.82) is 0 Å². The van der Waals surface area contributed by atoms with Crippen LogP contribution in [0, 0.1) is 5.92 Å². The van der Waals surface area contributed by atoms with Gasteiger partial charge in [-0.05, 0) is 41.2 Å². The molecule has 1 N–H and O–H groups in total. The van der Waals surface area contributed by atoms with Gasteiger partial charge in [0, 0.05) is 25.2 Å². The Kier molecular flexibility index (Phi) is 2.92. The summed E-state index contributed by atoms with van der Waals surface area (Å²) in [5.74, 6) is 0.925. The maximum Gasteiger partial charge on any atom is 0.292 e. The standard InChI is InChI=1S/C11H14BrN3O2/c12-10-5-9(17-14-10)11(16)15-4-2-7-1-3-13-6-8(7)15/h5,7-8,13H,1-4,6H2. The largest absolute Gasteiger partial charge is 0.350 e. The van der Waals surface area contributed by atoms with Crippen molar-refractivity contribution >= 4 is 21.8 Å². The first-order valence-corrected chi connectivity index (χ1v) is 6.69. The maximum atomic E-state index is 12.3. The predicted octanol–water partition coefficient (Wildman–Crippen LogP) is 1.26. The highest BCUT2D eigenvalue weighted by atomic mass is 79.9. The summed E-state index contributed by atoms with van der Waals surface area (Å²) in [6.07, 6.45) is 2.27. The molecule has 0 radical (unpaired) electrons. The molecule has 0 aliphatic carbocycles. The van der Waals surface area contributed by atoms with Gasteiger partial charge in [-0.15, -0.1) is 0 Å². The van der Waals surface area contributed by atoms with Crippen LogP contribution in [-0.2, 0) is 0 Å². The molecule has 17 heavy (non-hydrogen) atoms. The normalized spacial score (nSPS) is 28.2. The fraction of sp³-hybridized carbons (Fsp3) is 0.636. The Morgan fingerprint density at radius 1 is 1.59 bits per heavy atom. The van der Waals surface area contributed by atoms with E-state index in [0.717, 1.165) is 32.5 Å². The van der Waals surface area contributed by atoms with Crippen LogP contribution in [0.3, 0.4) is 0 Å². The van der Waals surface area contributed by atoms with Crippen LogP contribution in [0.4, 0.5) is 0 Å². The lowest BCUT2D eigenvalue weighted by molar-refractivity contribution is 0.0660. The number of aromatic nitrogens is 1. The third-order valence-electron chi connectivity index (χ3n) is 3.68. The van der Waals surface area contributed by atoms with E-state index in [0.29, 0.717) is 22.3 Å². The number of amides is 1. The first-order valence-electron chi connectivity index (χ1n) is 5.89. The van der Waals surface area contributed by atoms with E-state index < -0.39 is 0 Å². The number of nitrogens with one attached hydrogen (secondary N) is 1. The smallest absolute Gasteiger partial charge is 0.292 e. The lowest BCUT2D eigenvalue weighted by atomic mass is 9.93. The Morgan fingerprint density at radius 3 is 3.24 bits per heavy atom. The zero-order valence-corrected chi connectivity index (χ0v) is 10.9. The first kappa shape index (κ1) is 11.2. The van der Waals surface area contributed by atoms with Crippen molar-refractivity contribution in [2.45, 2.75) is 18.9 Å². The third-order valence-corrected chi connectivity index (χ3v) is 4.06. The summed E-state index contributed by atoms with van der Waals surface area (Å²) in [5.41, 5.74) is 0. The zero-order valence-electron chi connectivity index (χ0n) is 9.36. The molecule has 2 aliphatic rings. The molecule has 2 saturated heterocycles. The van der Waals surface area contributed by atoms with Gasteiger partial charge in [0.1, 0.15) is 4.60 Å². The first-order chi connectivity index (χ1) is 8.25. The monoisotopic (exact) mass is 299 g/mol. The van der Waals surface area contributed by atoms with E-state index in [4.69, 9.17) is 4.52 Å². The minimum atomic E-state index is -0.0422. The van der Waals surface area contributed by atoms with Crippen molar-refractivity contribution in [1.82, 2.24) is 15.4 Å². The molecule has 2 aliphatic heterocycles. The van der Waals surface area contributed by atoms with Gasteiger partial charge in [-0.25, -0.2) is 0 Å². The van der Waals surface area contributed by atoms with Crippen LogP contribution >= 0.6 is 15.9 Å². The van der Waals surface area contributed by atoms with E-state index >= 15 is 0 Å². The van der Waals surface area contributed by atoms with Crippen molar-refractivity contribution in [2.75, 3.05) is 19.6 Å². The van der Waals surface area contributed by atoms with Crippen molar-refractivity contribution in [3.8, 4) is 0 Å². The summed E-state index contributed by atoms with van der Waals surface area (Å²) in [4.78, 5) is 14.2. The zero-order chi connectivity index (χ0) is 11.8. The van der Waals surface area contributed by atoms with Gasteiger partial charge in [0.2, 0.25) is 5.76 Å². The average molecular weight is 300 g/mol. The van der Waals surface area contributed by atoms with Gasteiger partial charge in [-0.3, -0.25) is 4.79 Å². The van der Waals surface area contributed by atoms with Crippen molar-refractivity contribution < 1.29 is 9.32 Å². The summed E-state index contributed by atoms with van der Waals surface area (Å²) < 4.78 is 5.58. The Balaban J connectivity index is 1.78. The molecule has 92 valence electrons. The highest BCUT2D eigenvalue weighted by molar-refractivity contribution is 9.10. The number of hydrogen-bond acceptors (Lipinski definition) is 4. The van der Waals surface area contributed by atoms with Crippen molar-refractivity contribution in [3.63, 3.8) is 0 Å². The lowest BCUT2D eigenvalue weighted by Crippen LogP contribution is -2.47. The van der Waals surface area contributed by atoms with E-state index in [1.165, 1.54) is 0 Å². The van der Waals surface area contributed by atoms with Gasteiger partial charge in [0.05, 0.1) is 0 Å². The van der Waals surface area contributed by atoms with Gasteiger partial charge < -0.3 is 14.7 Å². The molecule has 2 unspecified atom stereocenters. The number of likely N-dealkylation sites (tertiary alicyclic amines) is 1. The van der Waals surface area contributed by atoms with E-state index in [2.05, 4.69) is 26.4 Å². The van der Waals surface area contributed by atoms with Gasteiger partial charge >= 0.3 is 0 Å². The van der Waals surface area contributed by atoms with Crippen LogP contribution < -0.4 is 5.32 Å². The molecular formula is C11H14BrN3O2. The molecule has 2 atom stereocenters. The fourth-order valence-corrected chi connectivity index (χ4v) is 3.10. The Morgan fingerprint density at radius 2 is 2.47 bits per heavy atom. The van der Waals surface area contributed by atoms with E-state index in [-0.39, 0.29) is 5.91 Å². The summed E-state index contributed by atoms with van der Waals surface area (Å²) in [7, 11) is 0. The third kappa shape index (κ3) is 1.99. The molecule has 0 bridgehead atoms. The van der Waals surface area contributed by atoms with Crippen LogP contribution in [0.25, 0.3) is 0 Å². The number of hydrogen-bond donors (Lipinski definition) is 1. The molecule has 1 amide bonds. The Labute approximate surface area is 108 Å². The van der Waals surface area contributed by atoms with Crippen LogP contribution in [0.5, 0.6) is 0 Å². The molecule has 3 rings (SSSR count). The number of piperidine rings is 1. The number of carbonyl (C=O) groups is 1. The van der Waals surface area contributed by atoms with E-state index in [9.17, 15) is 4.79 Å². The summed E-state index contributed by atoms with van der Waals surface area (Å²) in [6, 6.07) is 1.95. The van der Waals surface area contributed by atoms with Crippen LogP contribution in [-0.4, -0.2) is 41.6 Å². The molecule has 3 heterocycles. The van der Waals surface area contributed by atoms with Crippen LogP contribution in [0.15, 0.2) is 15.2 Å². The quantitative estimate of drug-likeness (QED) is 0.848. The number of carbonyl (C=O) groups excluding carboxylic acids is 1. The topological polar surface area (TPSA) is 58.4 Å². The van der Waals surface area contributed by atoms with E-state index in [1.54, 1.807) is 6.07 Å². The Bertz CT molecular complexity index is 434. The number of nitrogens with zero attached hydrogens (tertiary/aromatic N) is 2. The fourth-order valence-electron chi connectivity index (χ4n) is 2.82. The highest BCUT2D eigenvalue weighted by Gasteiger charge is 2.39. The van der Waals surface area contributed by atoms with Gasteiger partial charge in [-0.1, -0.05) is 5.16 Å². The molecule has 0 saturated carbocycles. The Hall–Kier alpha value is -0.880. The second kappa shape index (κ2) is 4.42. The molecule has 0 spiro atoms. The molecule has 5 nitrogen and oxygen atoms in total. The summed E-state index contributed by atoms with van der Waals surface area (Å²) in [6.45, 7) is 2.79.